The normalized spacial score (nSPS) is 15.3. The van der Waals surface area contributed by atoms with Crippen LogP contribution in [-0.2, 0) is 16.2 Å². The van der Waals surface area contributed by atoms with E-state index in [1.165, 1.54) is 0 Å². The van der Waals surface area contributed by atoms with Gasteiger partial charge in [-0.25, -0.2) is 0 Å². The molecule has 0 aromatic heterocycles. The summed E-state index contributed by atoms with van der Waals surface area (Å²) in [6.45, 7) is 0.742. The zero-order valence-electron chi connectivity index (χ0n) is 17.8. The van der Waals surface area contributed by atoms with Crippen LogP contribution in [0, 0.1) is 5.92 Å². The van der Waals surface area contributed by atoms with Crippen LogP contribution in [0.3, 0.4) is 0 Å². The van der Waals surface area contributed by atoms with Crippen molar-refractivity contribution in [3.8, 4) is 11.5 Å². The van der Waals surface area contributed by atoms with E-state index in [0.717, 1.165) is 11.3 Å². The number of nitrogens with one attached hydrogen (secondary N) is 2. The maximum Gasteiger partial charge on any atom is 0.243 e. The van der Waals surface area contributed by atoms with Crippen LogP contribution in [0.15, 0.2) is 78.9 Å². The van der Waals surface area contributed by atoms with Crippen LogP contribution in [-0.4, -0.2) is 25.5 Å². The molecule has 1 atom stereocenters. The lowest BCUT2D eigenvalue weighted by molar-refractivity contribution is -0.125. The number of carbonyl (C=O) groups is 2. The Hall–Kier alpha value is -4.00. The molecule has 0 aliphatic carbocycles. The fraction of sp³-hybridized carbons (Fsp3) is 0.200. The number of methoxy groups -OCH3 is 1. The maximum atomic E-state index is 12.7. The number of hydrazine groups is 1. The van der Waals surface area contributed by atoms with Gasteiger partial charge < -0.3 is 14.4 Å². The van der Waals surface area contributed by atoms with Crippen LogP contribution in [0.5, 0.6) is 11.5 Å². The number of amides is 2. The van der Waals surface area contributed by atoms with Gasteiger partial charge in [0.05, 0.1) is 18.7 Å². The minimum Gasteiger partial charge on any atom is -0.497 e. The first-order chi connectivity index (χ1) is 15.6. The molecule has 164 valence electrons. The molecule has 3 aromatic carbocycles. The molecule has 0 spiro atoms. The second-order valence-corrected chi connectivity index (χ2v) is 7.49. The van der Waals surface area contributed by atoms with E-state index >= 15 is 0 Å². The Kier molecular flexibility index (Phi) is 6.55. The standard InChI is InChI=1S/C25H25N3O4/c1-31-21-13-11-20(12-14-21)28-16-19(15-24(28)29)25(30)27-26-22-9-5-6-10-23(22)32-17-18-7-3-2-4-8-18/h2-14,19,26H,15-17H2,1H3,(H,27,30)/t19-/m0/s1. The Morgan fingerprint density at radius 1 is 1.00 bits per heavy atom. The smallest absolute Gasteiger partial charge is 0.243 e. The van der Waals surface area contributed by atoms with Gasteiger partial charge in [-0.15, -0.1) is 0 Å². The summed E-state index contributed by atoms with van der Waals surface area (Å²) < 4.78 is 11.1. The molecule has 3 aromatic rings. The van der Waals surface area contributed by atoms with Crippen LogP contribution in [0.25, 0.3) is 0 Å². The highest BCUT2D eigenvalue weighted by Crippen LogP contribution is 2.28. The molecule has 4 rings (SSSR count). The van der Waals surface area contributed by atoms with Gasteiger partial charge in [0.25, 0.3) is 0 Å². The Morgan fingerprint density at radius 3 is 2.47 bits per heavy atom. The van der Waals surface area contributed by atoms with Crippen molar-refractivity contribution in [1.29, 1.82) is 0 Å². The van der Waals surface area contributed by atoms with Crippen molar-refractivity contribution in [1.82, 2.24) is 5.43 Å². The van der Waals surface area contributed by atoms with E-state index in [0.29, 0.717) is 30.3 Å². The van der Waals surface area contributed by atoms with E-state index in [4.69, 9.17) is 9.47 Å². The summed E-state index contributed by atoms with van der Waals surface area (Å²) in [7, 11) is 1.59. The Morgan fingerprint density at radius 2 is 1.72 bits per heavy atom. The van der Waals surface area contributed by atoms with Gasteiger partial charge in [0.15, 0.2) is 0 Å². The topological polar surface area (TPSA) is 79.9 Å². The number of hydrogen-bond donors (Lipinski definition) is 2. The van der Waals surface area contributed by atoms with Gasteiger partial charge in [0.1, 0.15) is 18.1 Å². The number of anilines is 2. The minimum absolute atomic E-state index is 0.0816. The maximum absolute atomic E-state index is 12.7. The molecule has 0 radical (unpaired) electrons. The predicted octanol–water partition coefficient (Wildman–Crippen LogP) is 3.77. The van der Waals surface area contributed by atoms with E-state index in [2.05, 4.69) is 10.9 Å². The van der Waals surface area contributed by atoms with E-state index in [1.807, 2.05) is 66.7 Å². The fourth-order valence-corrected chi connectivity index (χ4v) is 3.56. The second-order valence-electron chi connectivity index (χ2n) is 7.49. The fourth-order valence-electron chi connectivity index (χ4n) is 3.56. The van der Waals surface area contributed by atoms with Crippen LogP contribution < -0.4 is 25.2 Å². The van der Waals surface area contributed by atoms with Gasteiger partial charge >= 0.3 is 0 Å². The first-order valence-electron chi connectivity index (χ1n) is 10.4. The number of rotatable bonds is 8. The summed E-state index contributed by atoms with van der Waals surface area (Å²) >= 11 is 0. The van der Waals surface area contributed by atoms with Gasteiger partial charge in [-0.1, -0.05) is 42.5 Å². The molecule has 7 nitrogen and oxygen atoms in total. The lowest BCUT2D eigenvalue weighted by Gasteiger charge is -2.18. The second kappa shape index (κ2) is 9.87. The average molecular weight is 431 g/mol. The lowest BCUT2D eigenvalue weighted by Crippen LogP contribution is -2.36. The van der Waals surface area contributed by atoms with E-state index < -0.39 is 5.92 Å². The number of nitrogens with zero attached hydrogens (tertiary/aromatic N) is 1. The van der Waals surface area contributed by atoms with Crippen molar-refractivity contribution in [3.63, 3.8) is 0 Å². The summed E-state index contributed by atoms with van der Waals surface area (Å²) in [6, 6.07) is 24.5. The largest absolute Gasteiger partial charge is 0.497 e. The number of carbonyl (C=O) groups excluding carboxylic acids is 2. The molecule has 0 bridgehead atoms. The molecule has 7 heteroatoms. The van der Waals surface area contributed by atoms with E-state index in [9.17, 15) is 9.59 Å². The van der Waals surface area contributed by atoms with Crippen LogP contribution in [0.2, 0.25) is 0 Å². The van der Waals surface area contributed by atoms with Crippen LogP contribution >= 0.6 is 0 Å². The SMILES string of the molecule is COc1ccc(N2C[C@@H](C(=O)NNc3ccccc3OCc3ccccc3)CC2=O)cc1. The zero-order valence-corrected chi connectivity index (χ0v) is 17.8. The van der Waals surface area contributed by atoms with Gasteiger partial charge in [-0.2, -0.15) is 0 Å². The Balaban J connectivity index is 1.34. The molecule has 1 aliphatic heterocycles. The molecule has 1 fully saturated rings. The summed E-state index contributed by atoms with van der Waals surface area (Å²) in [6.07, 6.45) is 0.158. The summed E-state index contributed by atoms with van der Waals surface area (Å²) in [4.78, 5) is 26.8. The first kappa shape index (κ1) is 21.2. The number of hydrogen-bond acceptors (Lipinski definition) is 5. The molecule has 0 unspecified atom stereocenters. The van der Waals surface area contributed by atoms with E-state index in [1.54, 1.807) is 24.1 Å². The number of para-hydroxylation sites is 2. The van der Waals surface area contributed by atoms with Gasteiger partial charge in [-0.05, 0) is 42.0 Å². The quantitative estimate of drug-likeness (QED) is 0.531. The molecule has 1 heterocycles. The van der Waals surface area contributed by atoms with Crippen molar-refractivity contribution in [2.45, 2.75) is 13.0 Å². The van der Waals surface area contributed by atoms with Crippen molar-refractivity contribution in [2.24, 2.45) is 5.92 Å². The summed E-state index contributed by atoms with van der Waals surface area (Å²) in [5.74, 6) is 0.565. The van der Waals surface area contributed by atoms with Gasteiger partial charge in [-0.3, -0.25) is 20.4 Å². The molecular formula is C25H25N3O4. The molecule has 1 saturated heterocycles. The van der Waals surface area contributed by atoms with Crippen LogP contribution in [0.4, 0.5) is 11.4 Å². The third-order valence-electron chi connectivity index (χ3n) is 5.32. The van der Waals surface area contributed by atoms with Crippen molar-refractivity contribution in [3.05, 3.63) is 84.4 Å². The number of ether oxygens (including phenoxy) is 2. The Labute approximate surface area is 186 Å². The number of benzene rings is 3. The molecule has 0 saturated carbocycles. The highest BCUT2D eigenvalue weighted by Gasteiger charge is 2.35. The molecule has 2 amide bonds. The highest BCUT2D eigenvalue weighted by atomic mass is 16.5. The Bertz CT molecular complexity index is 1070. The van der Waals surface area contributed by atoms with Crippen molar-refractivity contribution < 1.29 is 19.1 Å². The lowest BCUT2D eigenvalue weighted by atomic mass is 10.1. The van der Waals surface area contributed by atoms with Crippen LogP contribution in [0.1, 0.15) is 12.0 Å². The zero-order chi connectivity index (χ0) is 22.3. The minimum atomic E-state index is -0.450. The van der Waals surface area contributed by atoms with Gasteiger partial charge in [0.2, 0.25) is 11.8 Å². The van der Waals surface area contributed by atoms with E-state index in [-0.39, 0.29) is 18.2 Å². The van der Waals surface area contributed by atoms with Gasteiger partial charge in [0, 0.05) is 18.7 Å². The molecule has 1 aliphatic rings. The van der Waals surface area contributed by atoms with Crippen molar-refractivity contribution in [2.75, 3.05) is 24.0 Å². The monoisotopic (exact) mass is 431 g/mol. The molecule has 32 heavy (non-hydrogen) atoms. The van der Waals surface area contributed by atoms with Crippen molar-refractivity contribution >= 4 is 23.2 Å². The third kappa shape index (κ3) is 5.00. The summed E-state index contributed by atoms with van der Waals surface area (Å²) in [5.41, 5.74) is 8.11. The highest BCUT2D eigenvalue weighted by molar-refractivity contribution is 6.00. The predicted molar refractivity (Wildman–Crippen MR) is 122 cm³/mol. The molecular weight excluding hydrogens is 406 g/mol. The average Bonchev–Trinajstić information content (AvgIpc) is 3.24. The summed E-state index contributed by atoms with van der Waals surface area (Å²) in [5, 5.41) is 0. The first-order valence-corrected chi connectivity index (χ1v) is 10.4. The molecule has 2 N–H and O–H groups in total. The third-order valence-corrected chi connectivity index (χ3v) is 5.32.